The maximum atomic E-state index is 12.9. The van der Waals surface area contributed by atoms with Gasteiger partial charge in [-0.2, -0.15) is 0 Å². The van der Waals surface area contributed by atoms with Crippen LogP contribution in [0, 0.1) is 5.92 Å². The Bertz CT molecular complexity index is 779. The van der Waals surface area contributed by atoms with E-state index in [1.165, 1.54) is 0 Å². The molecule has 0 aliphatic carbocycles. The standard InChI is InChI=1S/C19H24N6O2/c26-18(7-4-10-24-14-20-21-22-24)23-12-16-8-9-17(13-23)25(19(16)27)11-15-5-2-1-3-6-15/h1-3,5-6,14,16-17H,4,7-13H2/t16-,17+/m0/s1. The van der Waals surface area contributed by atoms with Crippen LogP contribution in [0.4, 0.5) is 0 Å². The molecule has 0 radical (unpaired) electrons. The van der Waals surface area contributed by atoms with Crippen LogP contribution in [0.15, 0.2) is 36.7 Å². The summed E-state index contributed by atoms with van der Waals surface area (Å²) in [6.45, 7) is 2.43. The lowest BCUT2D eigenvalue weighted by Crippen LogP contribution is -2.47. The molecule has 3 aliphatic rings. The van der Waals surface area contributed by atoms with Gasteiger partial charge in [-0.05, 0) is 35.3 Å². The predicted molar refractivity (Wildman–Crippen MR) is 97.1 cm³/mol. The van der Waals surface area contributed by atoms with E-state index in [2.05, 4.69) is 15.5 Å². The first-order chi connectivity index (χ1) is 13.2. The fraction of sp³-hybridized carbons (Fsp3) is 0.526. The summed E-state index contributed by atoms with van der Waals surface area (Å²) in [4.78, 5) is 29.5. The summed E-state index contributed by atoms with van der Waals surface area (Å²) < 4.78 is 1.63. The highest BCUT2D eigenvalue weighted by Crippen LogP contribution is 2.30. The molecule has 3 saturated heterocycles. The van der Waals surface area contributed by atoms with Crippen molar-refractivity contribution in [3.63, 3.8) is 0 Å². The molecule has 2 bridgehead atoms. The summed E-state index contributed by atoms with van der Waals surface area (Å²) in [6.07, 6.45) is 4.54. The van der Waals surface area contributed by atoms with Crippen molar-refractivity contribution in [1.82, 2.24) is 30.0 Å². The second kappa shape index (κ2) is 7.85. The van der Waals surface area contributed by atoms with Gasteiger partial charge in [0.25, 0.3) is 0 Å². The van der Waals surface area contributed by atoms with Crippen molar-refractivity contribution in [2.75, 3.05) is 13.1 Å². The van der Waals surface area contributed by atoms with Gasteiger partial charge in [0, 0.05) is 38.6 Å². The lowest BCUT2D eigenvalue weighted by atomic mass is 9.93. The SMILES string of the molecule is O=C(CCCn1cnnn1)N1C[C@@H]2CC[C@H](C1)N(Cc1ccccc1)C2=O. The van der Waals surface area contributed by atoms with Crippen LogP contribution in [0.5, 0.6) is 0 Å². The van der Waals surface area contributed by atoms with Crippen LogP contribution in [-0.2, 0) is 22.7 Å². The van der Waals surface area contributed by atoms with E-state index in [1.54, 1.807) is 11.0 Å². The van der Waals surface area contributed by atoms with Crippen molar-refractivity contribution in [3.05, 3.63) is 42.2 Å². The van der Waals surface area contributed by atoms with Crippen molar-refractivity contribution in [3.8, 4) is 0 Å². The van der Waals surface area contributed by atoms with Crippen LogP contribution in [0.3, 0.4) is 0 Å². The largest absolute Gasteiger partial charge is 0.340 e. The Morgan fingerprint density at radius 3 is 2.78 bits per heavy atom. The topological polar surface area (TPSA) is 84.2 Å². The van der Waals surface area contributed by atoms with E-state index in [0.29, 0.717) is 39.0 Å². The van der Waals surface area contributed by atoms with Crippen LogP contribution >= 0.6 is 0 Å². The number of hydrogen-bond donors (Lipinski definition) is 0. The number of rotatable bonds is 6. The summed E-state index contributed by atoms with van der Waals surface area (Å²) in [5, 5.41) is 11.0. The predicted octanol–water partition coefficient (Wildman–Crippen LogP) is 1.10. The maximum Gasteiger partial charge on any atom is 0.228 e. The molecule has 3 aliphatic heterocycles. The molecule has 0 spiro atoms. The number of benzene rings is 1. The third kappa shape index (κ3) is 3.99. The number of nitrogens with zero attached hydrogens (tertiary/aromatic N) is 6. The molecule has 8 heteroatoms. The fourth-order valence-electron chi connectivity index (χ4n) is 4.07. The number of piperidine rings is 1. The van der Waals surface area contributed by atoms with Crippen molar-refractivity contribution < 1.29 is 9.59 Å². The lowest BCUT2D eigenvalue weighted by Gasteiger charge is -2.36. The Hall–Kier alpha value is -2.77. The zero-order valence-electron chi connectivity index (χ0n) is 15.3. The molecule has 2 atom stereocenters. The Morgan fingerprint density at radius 2 is 2.00 bits per heavy atom. The Balaban J connectivity index is 1.38. The minimum Gasteiger partial charge on any atom is -0.340 e. The van der Waals surface area contributed by atoms with Crippen molar-refractivity contribution in [2.24, 2.45) is 5.92 Å². The number of tetrazole rings is 1. The summed E-state index contributed by atoms with van der Waals surface area (Å²) in [5.41, 5.74) is 1.14. The van der Waals surface area contributed by atoms with Gasteiger partial charge in [0.15, 0.2) is 0 Å². The van der Waals surface area contributed by atoms with E-state index in [9.17, 15) is 9.59 Å². The number of aryl methyl sites for hydroxylation is 1. The fourth-order valence-corrected chi connectivity index (χ4v) is 4.07. The molecule has 8 nitrogen and oxygen atoms in total. The smallest absolute Gasteiger partial charge is 0.228 e. The molecule has 1 aromatic carbocycles. The zero-order valence-corrected chi connectivity index (χ0v) is 15.3. The minimum absolute atomic E-state index is 0.0732. The van der Waals surface area contributed by atoms with Gasteiger partial charge in [-0.15, -0.1) is 5.10 Å². The maximum absolute atomic E-state index is 12.9. The summed E-state index contributed by atoms with van der Waals surface area (Å²) in [6, 6.07) is 10.2. The van der Waals surface area contributed by atoms with Crippen molar-refractivity contribution in [2.45, 2.75) is 44.8 Å². The van der Waals surface area contributed by atoms with E-state index in [-0.39, 0.29) is 23.8 Å². The molecule has 2 amide bonds. The number of amides is 2. The summed E-state index contributed by atoms with van der Waals surface area (Å²) >= 11 is 0. The number of hydrogen-bond acceptors (Lipinski definition) is 5. The average molecular weight is 368 g/mol. The van der Waals surface area contributed by atoms with Crippen molar-refractivity contribution >= 4 is 11.8 Å². The second-order valence-corrected chi connectivity index (χ2v) is 7.36. The molecule has 5 rings (SSSR count). The quantitative estimate of drug-likeness (QED) is 0.762. The Morgan fingerprint density at radius 1 is 1.15 bits per heavy atom. The highest BCUT2D eigenvalue weighted by atomic mass is 16.2. The number of carbonyl (C=O) groups excluding carboxylic acids is 2. The molecular formula is C19H24N6O2. The van der Waals surface area contributed by atoms with Crippen molar-refractivity contribution in [1.29, 1.82) is 0 Å². The Labute approximate surface area is 158 Å². The normalized spacial score (nSPS) is 22.1. The molecule has 0 saturated carbocycles. The second-order valence-electron chi connectivity index (χ2n) is 7.36. The van der Waals surface area contributed by atoms with Crippen LogP contribution in [0.1, 0.15) is 31.2 Å². The van der Waals surface area contributed by atoms with Crippen LogP contribution in [0.2, 0.25) is 0 Å². The highest BCUT2D eigenvalue weighted by molar-refractivity contribution is 5.83. The molecule has 142 valence electrons. The third-order valence-electron chi connectivity index (χ3n) is 5.51. The van der Waals surface area contributed by atoms with Gasteiger partial charge >= 0.3 is 0 Å². The van der Waals surface area contributed by atoms with E-state index < -0.39 is 0 Å². The molecule has 4 heterocycles. The first-order valence-corrected chi connectivity index (χ1v) is 9.53. The molecule has 0 unspecified atom stereocenters. The summed E-state index contributed by atoms with van der Waals surface area (Å²) in [7, 11) is 0. The first-order valence-electron chi connectivity index (χ1n) is 9.53. The first kappa shape index (κ1) is 17.6. The van der Waals surface area contributed by atoms with Gasteiger partial charge in [0.05, 0.1) is 5.92 Å². The number of carbonyl (C=O) groups is 2. The molecular weight excluding hydrogens is 344 g/mol. The van der Waals surface area contributed by atoms with E-state index in [0.717, 1.165) is 18.4 Å². The zero-order chi connectivity index (χ0) is 18.6. The molecule has 3 fully saturated rings. The minimum atomic E-state index is -0.0732. The van der Waals surface area contributed by atoms with Gasteiger partial charge in [0.1, 0.15) is 6.33 Å². The molecule has 0 N–H and O–H groups in total. The third-order valence-corrected chi connectivity index (χ3v) is 5.51. The molecule has 2 aromatic rings. The van der Waals surface area contributed by atoms with Gasteiger partial charge in [0.2, 0.25) is 11.8 Å². The Kier molecular flexibility index (Phi) is 5.13. The average Bonchev–Trinajstić information content (AvgIpc) is 3.05. The van der Waals surface area contributed by atoms with Crippen LogP contribution in [0.25, 0.3) is 0 Å². The monoisotopic (exact) mass is 368 g/mol. The molecule has 1 aromatic heterocycles. The molecule has 27 heavy (non-hydrogen) atoms. The van der Waals surface area contributed by atoms with Gasteiger partial charge in [-0.1, -0.05) is 30.3 Å². The van der Waals surface area contributed by atoms with Gasteiger partial charge in [-0.3, -0.25) is 9.59 Å². The summed E-state index contributed by atoms with van der Waals surface area (Å²) in [5.74, 6) is 0.240. The van der Waals surface area contributed by atoms with E-state index >= 15 is 0 Å². The number of aromatic nitrogens is 4. The number of fused-ring (bicyclic) bond motifs is 4. The lowest BCUT2D eigenvalue weighted by molar-refractivity contribution is -0.140. The van der Waals surface area contributed by atoms with Gasteiger partial charge in [-0.25, -0.2) is 4.68 Å². The van der Waals surface area contributed by atoms with Crippen LogP contribution in [-0.4, -0.2) is 61.0 Å². The van der Waals surface area contributed by atoms with Gasteiger partial charge < -0.3 is 9.80 Å². The highest BCUT2D eigenvalue weighted by Gasteiger charge is 2.41. The van der Waals surface area contributed by atoms with Crippen LogP contribution < -0.4 is 0 Å². The van der Waals surface area contributed by atoms with E-state index in [4.69, 9.17) is 0 Å². The van der Waals surface area contributed by atoms with E-state index in [1.807, 2.05) is 40.1 Å².